The first kappa shape index (κ1) is 17.1. The van der Waals surface area contributed by atoms with Crippen LogP contribution in [0.5, 0.6) is 0 Å². The fourth-order valence-electron chi connectivity index (χ4n) is 2.35. The Hall–Kier alpha value is -0.980. The second-order valence-electron chi connectivity index (χ2n) is 5.19. The maximum Gasteiger partial charge on any atom is 0.460 e. The molecule has 0 aromatic heterocycles. The molecular weight excluding hydrogens is 281 g/mol. The van der Waals surface area contributed by atoms with Crippen molar-refractivity contribution in [1.29, 1.82) is 0 Å². The van der Waals surface area contributed by atoms with Crippen molar-refractivity contribution in [3.63, 3.8) is 0 Å². The summed E-state index contributed by atoms with van der Waals surface area (Å²) in [5.41, 5.74) is 0.0987. The van der Waals surface area contributed by atoms with Gasteiger partial charge >= 0.3 is 18.0 Å². The van der Waals surface area contributed by atoms with Crippen LogP contribution in [-0.2, 0) is 4.79 Å². The second kappa shape index (κ2) is 5.42. The Labute approximate surface area is 114 Å². The zero-order valence-electron chi connectivity index (χ0n) is 11.6. The Morgan fingerprint density at radius 2 is 1.80 bits per heavy atom. The highest BCUT2D eigenvalue weighted by molar-refractivity contribution is 5.88. The maximum absolute atomic E-state index is 13.4. The minimum absolute atomic E-state index is 0.00465. The van der Waals surface area contributed by atoms with Crippen molar-refractivity contribution in [2.24, 2.45) is 0 Å². The van der Waals surface area contributed by atoms with Gasteiger partial charge in [0, 0.05) is 5.57 Å². The number of unbranched alkanes of at least 4 members (excludes halogenated alkanes) is 1. The molecule has 2 nitrogen and oxygen atoms in total. The van der Waals surface area contributed by atoms with E-state index in [1.165, 1.54) is 0 Å². The normalized spacial score (nSPS) is 26.4. The van der Waals surface area contributed by atoms with Crippen molar-refractivity contribution in [2.45, 2.75) is 51.3 Å². The van der Waals surface area contributed by atoms with E-state index in [1.54, 1.807) is 13.8 Å². The van der Waals surface area contributed by atoms with Crippen LogP contribution < -0.4 is 0 Å². The predicted octanol–water partition coefficient (Wildman–Crippen LogP) is 3.68. The lowest BCUT2D eigenvalue weighted by Gasteiger charge is -2.23. The second-order valence-corrected chi connectivity index (χ2v) is 5.19. The monoisotopic (exact) mass is 300 g/mol. The first-order valence-corrected chi connectivity index (χ1v) is 6.58. The first-order chi connectivity index (χ1) is 9.04. The number of quaternary nitrogens is 1. The number of amides is 1. The van der Waals surface area contributed by atoms with Crippen LogP contribution in [0.25, 0.3) is 0 Å². The lowest BCUT2D eigenvalue weighted by molar-refractivity contribution is -0.742. The standard InChI is InChI=1S/C13H19F5NO/c1-4-6-7-19(11(20)9(3)5-2)8-10(19)12(14,15)13(16,17)18/h10H,3-8H2,1-2H3/q+1. The van der Waals surface area contributed by atoms with E-state index in [1.807, 2.05) is 0 Å². The van der Waals surface area contributed by atoms with Gasteiger partial charge < -0.3 is 0 Å². The van der Waals surface area contributed by atoms with Crippen molar-refractivity contribution in [3.05, 3.63) is 12.2 Å². The first-order valence-electron chi connectivity index (χ1n) is 6.58. The van der Waals surface area contributed by atoms with Gasteiger partial charge in [-0.05, 0) is 12.8 Å². The molecule has 0 saturated carbocycles. The summed E-state index contributed by atoms with van der Waals surface area (Å²) >= 11 is 0. The molecule has 1 heterocycles. The molecule has 20 heavy (non-hydrogen) atoms. The Bertz CT molecular complexity index is 404. The molecule has 0 spiro atoms. The third-order valence-corrected chi connectivity index (χ3v) is 3.80. The topological polar surface area (TPSA) is 17.1 Å². The van der Waals surface area contributed by atoms with Crippen LogP contribution in [0, 0.1) is 0 Å². The van der Waals surface area contributed by atoms with E-state index in [2.05, 4.69) is 6.58 Å². The van der Waals surface area contributed by atoms with E-state index < -0.39 is 35.1 Å². The summed E-state index contributed by atoms with van der Waals surface area (Å²) in [7, 11) is 0. The van der Waals surface area contributed by atoms with Crippen LogP contribution in [0.2, 0.25) is 0 Å². The largest absolute Gasteiger partial charge is 0.460 e. The summed E-state index contributed by atoms with van der Waals surface area (Å²) in [6, 6.07) is -2.01. The molecule has 1 aliphatic rings. The van der Waals surface area contributed by atoms with Gasteiger partial charge in [0.2, 0.25) is 6.04 Å². The Balaban J connectivity index is 3.02. The summed E-state index contributed by atoms with van der Waals surface area (Å²) < 4.78 is 63.4. The molecule has 1 rings (SSSR count). The molecule has 1 amide bonds. The molecule has 1 saturated heterocycles. The number of alkyl halides is 5. The molecule has 0 radical (unpaired) electrons. The summed E-state index contributed by atoms with van der Waals surface area (Å²) in [4.78, 5) is 12.1. The third kappa shape index (κ3) is 2.73. The van der Waals surface area contributed by atoms with Crippen LogP contribution in [-0.4, -0.2) is 41.6 Å². The van der Waals surface area contributed by atoms with E-state index >= 15 is 0 Å². The van der Waals surface area contributed by atoms with Crippen LogP contribution in [0.4, 0.5) is 22.0 Å². The number of hydrogen-bond donors (Lipinski definition) is 0. The fraction of sp³-hybridized carbons (Fsp3) is 0.769. The zero-order valence-corrected chi connectivity index (χ0v) is 11.6. The molecule has 2 unspecified atom stereocenters. The average Bonchev–Trinajstić information content (AvgIpc) is 3.09. The third-order valence-electron chi connectivity index (χ3n) is 3.80. The van der Waals surface area contributed by atoms with Gasteiger partial charge in [-0.15, -0.1) is 0 Å². The Morgan fingerprint density at radius 3 is 2.20 bits per heavy atom. The van der Waals surface area contributed by atoms with Crippen molar-refractivity contribution in [1.82, 2.24) is 0 Å². The van der Waals surface area contributed by atoms with Gasteiger partial charge in [0.05, 0.1) is 6.54 Å². The van der Waals surface area contributed by atoms with Gasteiger partial charge in [-0.25, -0.2) is 9.28 Å². The van der Waals surface area contributed by atoms with E-state index in [4.69, 9.17) is 0 Å². The van der Waals surface area contributed by atoms with Crippen LogP contribution in [0.1, 0.15) is 33.1 Å². The van der Waals surface area contributed by atoms with Gasteiger partial charge in [0.1, 0.15) is 6.54 Å². The molecule has 7 heteroatoms. The summed E-state index contributed by atoms with van der Waals surface area (Å²) in [5, 5.41) is 0. The molecule has 1 aliphatic heterocycles. The van der Waals surface area contributed by atoms with E-state index in [-0.39, 0.29) is 18.5 Å². The summed E-state index contributed by atoms with van der Waals surface area (Å²) in [5.74, 6) is -5.53. The number of halogens is 5. The van der Waals surface area contributed by atoms with Gasteiger partial charge in [0.15, 0.2) is 0 Å². The van der Waals surface area contributed by atoms with Gasteiger partial charge in [0.25, 0.3) is 0 Å². The molecule has 0 N–H and O–H groups in total. The SMILES string of the molecule is C=C(CC)C(=O)[N+]1(CCCC)CC1C(F)(F)C(F)(F)F. The number of carbonyl (C=O) groups excluding carboxylic acids is 1. The zero-order chi connectivity index (χ0) is 15.8. The van der Waals surface area contributed by atoms with E-state index in [0.717, 1.165) is 0 Å². The minimum atomic E-state index is -5.63. The summed E-state index contributed by atoms with van der Waals surface area (Å²) in [6.07, 6.45) is -4.34. The highest BCUT2D eigenvalue weighted by Gasteiger charge is 2.80. The summed E-state index contributed by atoms with van der Waals surface area (Å²) in [6.45, 7) is 6.42. The van der Waals surface area contributed by atoms with Gasteiger partial charge in [-0.2, -0.15) is 22.0 Å². The number of hydrogen-bond acceptors (Lipinski definition) is 1. The van der Waals surface area contributed by atoms with Crippen molar-refractivity contribution < 1.29 is 31.2 Å². The molecule has 2 atom stereocenters. The van der Waals surface area contributed by atoms with E-state index in [0.29, 0.717) is 12.8 Å². The Morgan fingerprint density at radius 1 is 1.25 bits per heavy atom. The number of rotatable bonds is 6. The van der Waals surface area contributed by atoms with E-state index in [9.17, 15) is 26.7 Å². The van der Waals surface area contributed by atoms with Crippen molar-refractivity contribution in [3.8, 4) is 0 Å². The van der Waals surface area contributed by atoms with Crippen LogP contribution in [0.15, 0.2) is 12.2 Å². The lowest BCUT2D eigenvalue weighted by Crippen LogP contribution is -2.49. The molecule has 116 valence electrons. The molecule has 0 bridgehead atoms. The quantitative estimate of drug-likeness (QED) is 0.316. The number of nitrogens with zero attached hydrogens (tertiary/aromatic N) is 1. The smallest absolute Gasteiger partial charge is 0.239 e. The van der Waals surface area contributed by atoms with Crippen molar-refractivity contribution in [2.75, 3.05) is 13.1 Å². The van der Waals surface area contributed by atoms with Crippen molar-refractivity contribution >= 4 is 5.91 Å². The van der Waals surface area contributed by atoms with Crippen LogP contribution >= 0.6 is 0 Å². The average molecular weight is 300 g/mol. The molecule has 1 fully saturated rings. The maximum atomic E-state index is 13.4. The minimum Gasteiger partial charge on any atom is -0.239 e. The predicted molar refractivity (Wildman–Crippen MR) is 64.1 cm³/mol. The lowest BCUT2D eigenvalue weighted by atomic mass is 10.1. The Kier molecular flexibility index (Phi) is 4.63. The fourth-order valence-corrected chi connectivity index (χ4v) is 2.35. The highest BCUT2D eigenvalue weighted by atomic mass is 19.4. The number of carbonyl (C=O) groups is 1. The van der Waals surface area contributed by atoms with Crippen LogP contribution in [0.3, 0.4) is 0 Å². The molecular formula is C13H19F5NO+. The van der Waals surface area contributed by atoms with Gasteiger partial charge in [-0.3, -0.25) is 0 Å². The molecule has 0 aliphatic carbocycles. The molecule has 0 aromatic carbocycles. The molecule has 0 aromatic rings. The highest BCUT2D eigenvalue weighted by Crippen LogP contribution is 2.50. The van der Waals surface area contributed by atoms with Gasteiger partial charge in [-0.1, -0.05) is 26.8 Å².